The number of nitrogens with one attached hydrogen (secondary N) is 1. The van der Waals surface area contributed by atoms with E-state index in [9.17, 15) is 13.2 Å². The number of benzene rings is 1. The maximum Gasteiger partial charge on any atom is 0.261 e. The van der Waals surface area contributed by atoms with Crippen molar-refractivity contribution in [2.24, 2.45) is 0 Å². The molecule has 138 valence electrons. The number of hydrogen-bond donors (Lipinski definition) is 1. The molecule has 2 aromatic heterocycles. The average Bonchev–Trinajstić information content (AvgIpc) is 2.96. The molecule has 0 aliphatic heterocycles. The molecule has 9 heteroatoms. The van der Waals surface area contributed by atoms with Crippen LogP contribution in [-0.4, -0.2) is 37.9 Å². The van der Waals surface area contributed by atoms with Gasteiger partial charge in [0.25, 0.3) is 5.91 Å². The summed E-state index contributed by atoms with van der Waals surface area (Å²) in [5, 5.41) is 3.57. The van der Waals surface area contributed by atoms with Crippen molar-refractivity contribution in [1.29, 1.82) is 0 Å². The van der Waals surface area contributed by atoms with Crippen LogP contribution in [0.15, 0.2) is 29.2 Å². The number of rotatable bonds is 5. The van der Waals surface area contributed by atoms with Crippen LogP contribution in [0, 0.1) is 13.8 Å². The van der Waals surface area contributed by atoms with Crippen LogP contribution in [0.4, 0.5) is 0 Å². The summed E-state index contributed by atoms with van der Waals surface area (Å²) in [4.78, 5) is 22.6. The van der Waals surface area contributed by atoms with E-state index in [1.807, 2.05) is 6.92 Å². The van der Waals surface area contributed by atoms with Gasteiger partial charge >= 0.3 is 0 Å². The van der Waals surface area contributed by atoms with Crippen LogP contribution in [0.3, 0.4) is 0 Å². The van der Waals surface area contributed by atoms with E-state index in [2.05, 4.69) is 15.3 Å². The normalized spacial score (nSPS) is 11.7. The molecular formula is C18H18BN3O3S2. The summed E-state index contributed by atoms with van der Waals surface area (Å²) < 4.78 is 23.7. The first-order valence-corrected chi connectivity index (χ1v) is 10.8. The highest BCUT2D eigenvalue weighted by atomic mass is 32.2. The number of thiophene rings is 1. The molecule has 0 spiro atoms. The molecule has 1 aromatic carbocycles. The topological polar surface area (TPSA) is 89.0 Å². The van der Waals surface area contributed by atoms with Crippen LogP contribution in [0.5, 0.6) is 0 Å². The fourth-order valence-corrected chi connectivity index (χ4v) is 4.78. The molecule has 2 heterocycles. The van der Waals surface area contributed by atoms with Gasteiger partial charge in [0.15, 0.2) is 9.84 Å². The van der Waals surface area contributed by atoms with Gasteiger partial charge in [-0.3, -0.25) is 4.79 Å². The number of aromatic nitrogens is 2. The molecule has 27 heavy (non-hydrogen) atoms. The van der Waals surface area contributed by atoms with Crippen LogP contribution >= 0.6 is 11.3 Å². The summed E-state index contributed by atoms with van der Waals surface area (Å²) in [6.07, 6.45) is 0. The van der Waals surface area contributed by atoms with E-state index < -0.39 is 9.84 Å². The van der Waals surface area contributed by atoms with E-state index in [0.717, 1.165) is 11.1 Å². The van der Waals surface area contributed by atoms with Crippen molar-refractivity contribution in [3.63, 3.8) is 0 Å². The first kappa shape index (κ1) is 19.5. The van der Waals surface area contributed by atoms with Crippen molar-refractivity contribution in [1.82, 2.24) is 15.3 Å². The summed E-state index contributed by atoms with van der Waals surface area (Å²) in [5.41, 5.74) is 1.94. The quantitative estimate of drug-likeness (QED) is 0.662. The van der Waals surface area contributed by atoms with E-state index in [-0.39, 0.29) is 16.6 Å². The molecule has 0 unspecified atom stereocenters. The minimum absolute atomic E-state index is 0.0554. The molecule has 6 nitrogen and oxygen atoms in total. The first-order chi connectivity index (χ1) is 12.7. The molecule has 0 atom stereocenters. The number of sulfone groups is 1. The Kier molecular flexibility index (Phi) is 5.35. The second kappa shape index (κ2) is 7.40. The van der Waals surface area contributed by atoms with Crippen molar-refractivity contribution >= 4 is 50.7 Å². The van der Waals surface area contributed by atoms with Crippen LogP contribution in [0.25, 0.3) is 10.2 Å². The molecule has 1 amide bonds. The number of amides is 1. The third kappa shape index (κ3) is 3.89. The third-order valence-electron chi connectivity index (χ3n) is 4.25. The first-order valence-electron chi connectivity index (χ1n) is 8.36. The fourth-order valence-electron chi connectivity index (χ4n) is 2.74. The Morgan fingerprint density at radius 2 is 1.85 bits per heavy atom. The Labute approximate surface area is 163 Å². The standard InChI is InChI=1S/C18H18BN3O3S2/c1-4-27(24,25)13-7-5-12(6-8-13)9-20-17(23)15-10(2)14-16(19)21-11(3)22-18(14)26-15/h5-8H,4,9H2,1-3H3,(H,20,23). The second-order valence-electron chi connectivity index (χ2n) is 6.12. The molecular weight excluding hydrogens is 381 g/mol. The molecule has 2 radical (unpaired) electrons. The average molecular weight is 399 g/mol. The Bertz CT molecular complexity index is 1120. The minimum atomic E-state index is -3.23. The molecule has 0 saturated heterocycles. The van der Waals surface area contributed by atoms with Crippen molar-refractivity contribution in [3.05, 3.63) is 46.1 Å². The van der Waals surface area contributed by atoms with Gasteiger partial charge in [-0.25, -0.2) is 18.4 Å². The highest BCUT2D eigenvalue weighted by Gasteiger charge is 2.18. The van der Waals surface area contributed by atoms with Gasteiger partial charge in [0.2, 0.25) is 0 Å². The zero-order chi connectivity index (χ0) is 19.8. The maximum atomic E-state index is 12.6. The Morgan fingerprint density at radius 3 is 2.48 bits per heavy atom. The van der Waals surface area contributed by atoms with E-state index in [4.69, 9.17) is 7.85 Å². The summed E-state index contributed by atoms with van der Waals surface area (Å²) in [6, 6.07) is 6.52. The Hall–Kier alpha value is -2.26. The molecule has 3 aromatic rings. The van der Waals surface area contributed by atoms with Crippen LogP contribution in [-0.2, 0) is 16.4 Å². The number of nitrogens with zero attached hydrogens (tertiary/aromatic N) is 2. The van der Waals surface area contributed by atoms with Gasteiger partial charge in [-0.05, 0) is 37.1 Å². The summed E-state index contributed by atoms with van der Waals surface area (Å²) in [6.45, 7) is 5.48. The van der Waals surface area contributed by atoms with Gasteiger partial charge in [0, 0.05) is 17.5 Å². The van der Waals surface area contributed by atoms with Gasteiger partial charge in [-0.15, -0.1) is 11.3 Å². The lowest BCUT2D eigenvalue weighted by atomic mass is 9.98. The number of carbonyl (C=O) groups excluding carboxylic acids is 1. The second-order valence-corrected chi connectivity index (χ2v) is 9.40. The SMILES string of the molecule is [B]c1nc(C)nc2sc(C(=O)NCc3ccc(S(=O)(=O)CC)cc3)c(C)c12. The van der Waals surface area contributed by atoms with Crippen LogP contribution in [0.1, 0.15) is 33.5 Å². The van der Waals surface area contributed by atoms with Gasteiger partial charge in [-0.1, -0.05) is 19.1 Å². The fraction of sp³-hybridized carbons (Fsp3) is 0.278. The number of hydrogen-bond acceptors (Lipinski definition) is 6. The molecule has 0 aliphatic carbocycles. The lowest BCUT2D eigenvalue weighted by Crippen LogP contribution is -2.22. The highest BCUT2D eigenvalue weighted by Crippen LogP contribution is 2.27. The van der Waals surface area contributed by atoms with E-state index in [1.54, 1.807) is 38.1 Å². The molecule has 1 N–H and O–H groups in total. The lowest BCUT2D eigenvalue weighted by molar-refractivity contribution is 0.0954. The summed E-state index contributed by atoms with van der Waals surface area (Å²) in [7, 11) is 2.74. The lowest BCUT2D eigenvalue weighted by Gasteiger charge is -2.06. The van der Waals surface area contributed by atoms with Crippen LogP contribution in [0.2, 0.25) is 0 Å². The molecule has 3 rings (SSSR count). The van der Waals surface area contributed by atoms with E-state index >= 15 is 0 Å². The third-order valence-corrected chi connectivity index (χ3v) is 7.19. The van der Waals surface area contributed by atoms with E-state index in [1.165, 1.54) is 11.3 Å². The van der Waals surface area contributed by atoms with Crippen LogP contribution < -0.4 is 10.9 Å². The van der Waals surface area contributed by atoms with Crippen molar-refractivity contribution in [2.45, 2.75) is 32.2 Å². The molecule has 0 bridgehead atoms. The smallest absolute Gasteiger partial charge is 0.261 e. The number of fused-ring (bicyclic) bond motifs is 1. The Morgan fingerprint density at radius 1 is 1.19 bits per heavy atom. The minimum Gasteiger partial charge on any atom is -0.347 e. The highest BCUT2D eigenvalue weighted by molar-refractivity contribution is 7.91. The number of carbonyl (C=O) groups is 1. The zero-order valence-corrected chi connectivity index (χ0v) is 16.9. The predicted molar refractivity (Wildman–Crippen MR) is 108 cm³/mol. The predicted octanol–water partition coefficient (Wildman–Crippen LogP) is 1.83. The summed E-state index contributed by atoms with van der Waals surface area (Å²) >= 11 is 1.28. The van der Waals surface area contributed by atoms with Crippen molar-refractivity contribution in [2.75, 3.05) is 5.75 Å². The maximum absolute atomic E-state index is 12.6. The van der Waals surface area contributed by atoms with Gasteiger partial charge in [0.1, 0.15) is 18.5 Å². The number of aryl methyl sites for hydroxylation is 2. The van der Waals surface area contributed by atoms with Gasteiger partial charge in [0.05, 0.1) is 15.5 Å². The Balaban J connectivity index is 1.78. The molecule has 0 aliphatic rings. The van der Waals surface area contributed by atoms with Gasteiger partial charge in [-0.2, -0.15) is 0 Å². The monoisotopic (exact) mass is 399 g/mol. The molecule has 0 saturated carbocycles. The van der Waals surface area contributed by atoms with Crippen molar-refractivity contribution in [3.8, 4) is 0 Å². The largest absolute Gasteiger partial charge is 0.347 e. The summed E-state index contributed by atoms with van der Waals surface area (Å²) in [5.74, 6) is 0.396. The molecule has 0 fully saturated rings. The van der Waals surface area contributed by atoms with Crippen molar-refractivity contribution < 1.29 is 13.2 Å². The van der Waals surface area contributed by atoms with E-state index in [0.29, 0.717) is 33.1 Å². The zero-order valence-electron chi connectivity index (χ0n) is 15.2. The van der Waals surface area contributed by atoms with Gasteiger partial charge < -0.3 is 5.32 Å².